The molecule has 0 amide bonds. The van der Waals surface area contributed by atoms with Crippen LogP contribution >= 0.6 is 0 Å². The quantitative estimate of drug-likeness (QED) is 0.152. The first kappa shape index (κ1) is 42.5. The topological polar surface area (TPSA) is 53.5 Å². The highest BCUT2D eigenvalue weighted by molar-refractivity contribution is 6.24. The van der Waals surface area contributed by atoms with Crippen LogP contribution in [0.1, 0.15) is 0 Å². The van der Waals surface area contributed by atoms with Crippen LogP contribution < -0.4 is 0 Å². The second kappa shape index (κ2) is 17.3. The van der Waals surface area contributed by atoms with Crippen LogP contribution in [0, 0.1) is 0 Å². The van der Waals surface area contributed by atoms with Crippen molar-refractivity contribution < 1.29 is 0 Å². The van der Waals surface area contributed by atoms with Crippen molar-refractivity contribution in [2.45, 2.75) is 0 Å². The maximum Gasteiger partial charge on any atom is 0.238 e. The molecule has 11 aromatic carbocycles. The van der Waals surface area contributed by atoms with Gasteiger partial charge in [0, 0.05) is 54.8 Å². The van der Waals surface area contributed by atoms with Crippen molar-refractivity contribution in [2.24, 2.45) is 0 Å². The minimum absolute atomic E-state index is 0.533. The molecule has 0 N–H and O–H groups in total. The number of aromatic nitrogens is 6. The molecule has 4 heterocycles. The summed E-state index contributed by atoms with van der Waals surface area (Å²) in [4.78, 5) is 16.3. The van der Waals surface area contributed by atoms with Gasteiger partial charge in [0.25, 0.3) is 0 Å². The first-order valence-corrected chi connectivity index (χ1v) is 25.4. The molecule has 0 saturated heterocycles. The molecule has 6 nitrogen and oxygen atoms in total. The van der Waals surface area contributed by atoms with Crippen molar-refractivity contribution in [1.29, 1.82) is 0 Å². The summed E-state index contributed by atoms with van der Waals surface area (Å²) in [5.41, 5.74) is 17.4. The standard InChI is InChI=1S/C69H44N6/c1-4-18-45(19-5-1)50-24-16-25-51(42-50)47-34-36-49(37-35-47)68-70-67(48-22-8-3-9-23-48)71-69(72-68)75-64-41-38-54(73-61-31-13-10-28-55(61)56-29-11-14-32-62(56)73)44-60(64)59-40-39-58-57-30-12-15-33-63(57)74(65(58)66(59)75)53-27-17-26-52(43-53)46-20-6-2-7-21-46/h1-44H. The number of nitrogens with zero attached hydrogens (tertiary/aromatic N) is 6. The fourth-order valence-electron chi connectivity index (χ4n) is 11.4. The average Bonchev–Trinajstić information content (AvgIpc) is 4.25. The van der Waals surface area contributed by atoms with Crippen LogP contribution in [0.15, 0.2) is 267 Å². The summed E-state index contributed by atoms with van der Waals surface area (Å²) in [5, 5.41) is 6.93. The molecule has 0 radical (unpaired) electrons. The highest BCUT2D eigenvalue weighted by Crippen LogP contribution is 2.43. The van der Waals surface area contributed by atoms with Crippen LogP contribution in [0.5, 0.6) is 0 Å². The smallest absolute Gasteiger partial charge is 0.238 e. The van der Waals surface area contributed by atoms with E-state index in [2.05, 4.69) is 262 Å². The SMILES string of the molecule is c1ccc(-c2cccc(-c3ccc(-c4nc(-c5ccccc5)nc(-n5c6ccc(-n7c8ccccc8c8ccccc87)cc6c6ccc7c8ccccc8n(-c8cccc(-c9ccccc9)c8)c7c65)n4)cc3)c2)cc1. The lowest BCUT2D eigenvalue weighted by Crippen LogP contribution is -2.07. The summed E-state index contributed by atoms with van der Waals surface area (Å²) < 4.78 is 7.13. The van der Waals surface area contributed by atoms with Crippen molar-refractivity contribution in [2.75, 3.05) is 0 Å². The molecule has 4 aromatic heterocycles. The number of hydrogen-bond donors (Lipinski definition) is 0. The number of hydrogen-bond acceptors (Lipinski definition) is 3. The molecule has 0 aliphatic heterocycles. The monoisotopic (exact) mass is 956 g/mol. The van der Waals surface area contributed by atoms with Crippen LogP contribution in [0.3, 0.4) is 0 Å². The zero-order valence-electron chi connectivity index (χ0n) is 40.6. The van der Waals surface area contributed by atoms with Crippen LogP contribution in [-0.4, -0.2) is 28.7 Å². The molecule has 0 spiro atoms. The summed E-state index contributed by atoms with van der Waals surface area (Å²) in [6, 6.07) is 95.3. The first-order chi connectivity index (χ1) is 37.2. The van der Waals surface area contributed by atoms with Crippen LogP contribution in [0.2, 0.25) is 0 Å². The zero-order chi connectivity index (χ0) is 49.4. The number of fused-ring (bicyclic) bond motifs is 10. The molecule has 75 heavy (non-hydrogen) atoms. The normalized spacial score (nSPS) is 11.7. The Morgan fingerprint density at radius 1 is 0.213 bits per heavy atom. The Bertz CT molecular complexity index is 4630. The van der Waals surface area contributed by atoms with Gasteiger partial charge in [0.15, 0.2) is 11.6 Å². The van der Waals surface area contributed by atoms with Crippen molar-refractivity contribution in [3.63, 3.8) is 0 Å². The van der Waals surface area contributed by atoms with Gasteiger partial charge in [0.1, 0.15) is 0 Å². The zero-order valence-corrected chi connectivity index (χ0v) is 40.6. The molecule has 0 atom stereocenters. The van der Waals surface area contributed by atoms with E-state index in [0.717, 1.165) is 99.4 Å². The second-order valence-electron chi connectivity index (χ2n) is 19.2. The van der Waals surface area contributed by atoms with E-state index in [0.29, 0.717) is 17.6 Å². The molecule has 15 aromatic rings. The Morgan fingerprint density at radius 3 is 1.21 bits per heavy atom. The number of benzene rings is 11. The second-order valence-corrected chi connectivity index (χ2v) is 19.2. The van der Waals surface area contributed by atoms with E-state index in [9.17, 15) is 0 Å². The van der Waals surface area contributed by atoms with Gasteiger partial charge < -0.3 is 9.13 Å². The largest absolute Gasteiger partial charge is 0.309 e. The molecule has 0 aliphatic carbocycles. The fraction of sp³-hybridized carbons (Fsp3) is 0. The molecule has 0 saturated carbocycles. The predicted molar refractivity (Wildman–Crippen MR) is 310 cm³/mol. The minimum Gasteiger partial charge on any atom is -0.309 e. The van der Waals surface area contributed by atoms with Gasteiger partial charge in [-0.05, 0) is 88.0 Å². The molecule has 6 heteroatoms. The van der Waals surface area contributed by atoms with Crippen molar-refractivity contribution >= 4 is 65.4 Å². The van der Waals surface area contributed by atoms with E-state index < -0.39 is 0 Å². The van der Waals surface area contributed by atoms with Gasteiger partial charge in [-0.3, -0.25) is 4.57 Å². The summed E-state index contributed by atoms with van der Waals surface area (Å²) in [6.45, 7) is 0. The molecule has 350 valence electrons. The van der Waals surface area contributed by atoms with Crippen LogP contribution in [0.4, 0.5) is 0 Å². The Hall–Kier alpha value is -10.2. The van der Waals surface area contributed by atoms with Crippen molar-refractivity contribution in [1.82, 2.24) is 28.7 Å². The van der Waals surface area contributed by atoms with E-state index in [1.54, 1.807) is 0 Å². The van der Waals surface area contributed by atoms with Crippen molar-refractivity contribution in [3.8, 4) is 73.5 Å². The summed E-state index contributed by atoms with van der Waals surface area (Å²) >= 11 is 0. The Balaban J connectivity index is 1.01. The molecule has 15 rings (SSSR count). The Kier molecular flexibility index (Phi) is 9.78. The third-order valence-corrected chi connectivity index (χ3v) is 14.9. The molecular weight excluding hydrogens is 913 g/mol. The number of rotatable bonds is 8. The van der Waals surface area contributed by atoms with Gasteiger partial charge in [-0.15, -0.1) is 0 Å². The third-order valence-electron chi connectivity index (χ3n) is 14.9. The highest BCUT2D eigenvalue weighted by atomic mass is 15.2. The predicted octanol–water partition coefficient (Wildman–Crippen LogP) is 17.5. The first-order valence-electron chi connectivity index (χ1n) is 25.4. The van der Waals surface area contributed by atoms with Crippen LogP contribution in [-0.2, 0) is 0 Å². The summed E-state index contributed by atoms with van der Waals surface area (Å²) in [6.07, 6.45) is 0. The third kappa shape index (κ3) is 6.99. The van der Waals surface area contributed by atoms with Gasteiger partial charge in [0.05, 0.1) is 33.1 Å². The molecule has 0 aliphatic rings. The maximum atomic E-state index is 5.53. The van der Waals surface area contributed by atoms with Crippen molar-refractivity contribution in [3.05, 3.63) is 267 Å². The number of para-hydroxylation sites is 3. The van der Waals surface area contributed by atoms with Gasteiger partial charge in [-0.1, -0.05) is 212 Å². The van der Waals surface area contributed by atoms with Gasteiger partial charge in [-0.2, -0.15) is 9.97 Å². The van der Waals surface area contributed by atoms with Crippen LogP contribution in [0.25, 0.3) is 139 Å². The average molecular weight is 957 g/mol. The lowest BCUT2D eigenvalue weighted by Gasteiger charge is -2.14. The van der Waals surface area contributed by atoms with E-state index in [1.165, 1.54) is 21.9 Å². The van der Waals surface area contributed by atoms with E-state index in [-0.39, 0.29) is 0 Å². The molecule has 0 fully saturated rings. The minimum atomic E-state index is 0.533. The Labute approximate surface area is 432 Å². The van der Waals surface area contributed by atoms with E-state index >= 15 is 0 Å². The molecule has 0 unspecified atom stereocenters. The summed E-state index contributed by atoms with van der Waals surface area (Å²) in [5.74, 6) is 1.71. The molecular formula is C69H44N6. The summed E-state index contributed by atoms with van der Waals surface area (Å²) in [7, 11) is 0. The lowest BCUT2D eigenvalue weighted by molar-refractivity contribution is 0.953. The fourth-order valence-corrected chi connectivity index (χ4v) is 11.4. The van der Waals surface area contributed by atoms with E-state index in [4.69, 9.17) is 15.0 Å². The lowest BCUT2D eigenvalue weighted by atomic mass is 9.98. The van der Waals surface area contributed by atoms with Gasteiger partial charge >= 0.3 is 0 Å². The molecule has 0 bridgehead atoms. The highest BCUT2D eigenvalue weighted by Gasteiger charge is 2.25. The Morgan fingerprint density at radius 2 is 0.613 bits per heavy atom. The van der Waals surface area contributed by atoms with Gasteiger partial charge in [0.2, 0.25) is 5.95 Å². The maximum absolute atomic E-state index is 5.53. The van der Waals surface area contributed by atoms with E-state index in [1.807, 2.05) is 18.2 Å². The van der Waals surface area contributed by atoms with Gasteiger partial charge in [-0.25, -0.2) is 4.98 Å².